The minimum atomic E-state index is -0.442. The van der Waals surface area contributed by atoms with E-state index in [0.29, 0.717) is 22.2 Å². The number of halogens is 2. The van der Waals surface area contributed by atoms with Crippen molar-refractivity contribution in [2.24, 2.45) is 0 Å². The first-order chi connectivity index (χ1) is 9.56. The first kappa shape index (κ1) is 14.5. The highest BCUT2D eigenvalue weighted by Gasteiger charge is 2.13. The number of nitrogens with zero attached hydrogens (tertiary/aromatic N) is 1. The van der Waals surface area contributed by atoms with E-state index in [1.165, 1.54) is 20.5 Å². The zero-order valence-electron chi connectivity index (χ0n) is 10.7. The van der Waals surface area contributed by atoms with Crippen molar-refractivity contribution in [1.82, 2.24) is 9.97 Å². The van der Waals surface area contributed by atoms with E-state index in [-0.39, 0.29) is 10.8 Å². The van der Waals surface area contributed by atoms with Crippen molar-refractivity contribution in [3.8, 4) is 11.5 Å². The molecule has 0 amide bonds. The summed E-state index contributed by atoms with van der Waals surface area (Å²) in [7, 11) is 3.00. The van der Waals surface area contributed by atoms with Crippen LogP contribution >= 0.6 is 23.2 Å². The molecule has 1 aromatic carbocycles. The Morgan fingerprint density at radius 2 is 1.90 bits per heavy atom. The van der Waals surface area contributed by atoms with E-state index in [4.69, 9.17) is 32.7 Å². The lowest BCUT2D eigenvalue weighted by Crippen LogP contribution is -2.10. The lowest BCUT2D eigenvalue weighted by Gasteiger charge is -2.13. The Hall–Kier alpha value is -1.92. The van der Waals surface area contributed by atoms with Crippen LogP contribution in [0, 0.1) is 0 Å². The van der Waals surface area contributed by atoms with Crippen molar-refractivity contribution in [3.63, 3.8) is 0 Å². The summed E-state index contributed by atoms with van der Waals surface area (Å²) >= 11 is 11.9. The zero-order chi connectivity index (χ0) is 14.7. The predicted octanol–water partition coefficient (Wildman–Crippen LogP) is 2.84. The molecule has 1 aromatic heterocycles. The van der Waals surface area contributed by atoms with Crippen LogP contribution in [0.2, 0.25) is 10.0 Å². The predicted molar refractivity (Wildman–Crippen MR) is 77.7 cm³/mol. The number of benzene rings is 1. The molecule has 20 heavy (non-hydrogen) atoms. The molecule has 0 aliphatic heterocycles. The number of aromatic nitrogens is 2. The first-order valence-electron chi connectivity index (χ1n) is 5.48. The number of aromatic amines is 1. The third kappa shape index (κ3) is 2.81. The third-order valence-electron chi connectivity index (χ3n) is 2.52. The van der Waals surface area contributed by atoms with Crippen molar-refractivity contribution >= 4 is 34.7 Å². The summed E-state index contributed by atoms with van der Waals surface area (Å²) in [4.78, 5) is 17.7. The Labute approximate surface area is 124 Å². The summed E-state index contributed by atoms with van der Waals surface area (Å²) in [6.45, 7) is 0. The van der Waals surface area contributed by atoms with Gasteiger partial charge in [-0.25, -0.2) is 4.98 Å². The number of H-pyrrole nitrogens is 1. The van der Waals surface area contributed by atoms with Gasteiger partial charge in [0.2, 0.25) is 0 Å². The van der Waals surface area contributed by atoms with Crippen LogP contribution in [0.3, 0.4) is 0 Å². The largest absolute Gasteiger partial charge is 0.495 e. The van der Waals surface area contributed by atoms with Crippen molar-refractivity contribution < 1.29 is 9.47 Å². The molecule has 8 heteroatoms. The maximum atomic E-state index is 11.4. The molecular formula is C12H11Cl2N3O3. The second-order valence-corrected chi connectivity index (χ2v) is 4.49. The Morgan fingerprint density at radius 3 is 2.55 bits per heavy atom. The minimum Gasteiger partial charge on any atom is -0.495 e. The molecule has 2 rings (SSSR count). The molecule has 2 N–H and O–H groups in total. The van der Waals surface area contributed by atoms with E-state index < -0.39 is 5.56 Å². The van der Waals surface area contributed by atoms with Crippen molar-refractivity contribution in [2.75, 3.05) is 19.5 Å². The standard InChI is InChI=1S/C12H11Cl2N3O3/c1-19-8-4-9(20-2)7(3-6(8)13)17-11-10(14)12(18)16-5-15-11/h3-5H,1-2H3,(H2,15,16,17,18). The normalized spacial score (nSPS) is 10.2. The maximum absolute atomic E-state index is 11.4. The van der Waals surface area contributed by atoms with Crippen LogP contribution in [-0.2, 0) is 0 Å². The molecule has 0 fully saturated rings. The van der Waals surface area contributed by atoms with Crippen molar-refractivity contribution in [1.29, 1.82) is 0 Å². The van der Waals surface area contributed by atoms with E-state index >= 15 is 0 Å². The average molecular weight is 316 g/mol. The highest BCUT2D eigenvalue weighted by atomic mass is 35.5. The van der Waals surface area contributed by atoms with E-state index in [2.05, 4.69) is 15.3 Å². The van der Waals surface area contributed by atoms with Crippen molar-refractivity contribution in [3.05, 3.63) is 38.9 Å². The molecule has 0 spiro atoms. The molecule has 0 aliphatic rings. The smallest absolute Gasteiger partial charge is 0.271 e. The van der Waals surface area contributed by atoms with Crippen LogP contribution < -0.4 is 20.3 Å². The Kier molecular flexibility index (Phi) is 4.36. The van der Waals surface area contributed by atoms with Gasteiger partial charge in [-0.2, -0.15) is 0 Å². The number of nitrogens with one attached hydrogen (secondary N) is 2. The fourth-order valence-corrected chi connectivity index (χ4v) is 1.95. The summed E-state index contributed by atoms with van der Waals surface area (Å²) in [5.74, 6) is 1.15. The van der Waals surface area contributed by atoms with Gasteiger partial charge in [0.1, 0.15) is 16.5 Å². The minimum absolute atomic E-state index is 0.0542. The van der Waals surface area contributed by atoms with E-state index in [1.807, 2.05) is 0 Å². The molecule has 0 radical (unpaired) electrons. The number of rotatable bonds is 4. The van der Waals surface area contributed by atoms with Crippen LogP contribution in [0.15, 0.2) is 23.3 Å². The van der Waals surface area contributed by atoms with E-state index in [0.717, 1.165) is 0 Å². The maximum Gasteiger partial charge on any atom is 0.271 e. The van der Waals surface area contributed by atoms with Crippen LogP contribution in [0.5, 0.6) is 11.5 Å². The van der Waals surface area contributed by atoms with Gasteiger partial charge < -0.3 is 19.8 Å². The van der Waals surface area contributed by atoms with E-state index in [1.54, 1.807) is 12.1 Å². The first-order valence-corrected chi connectivity index (χ1v) is 6.24. The van der Waals surface area contributed by atoms with Gasteiger partial charge in [-0.1, -0.05) is 23.2 Å². The number of anilines is 2. The van der Waals surface area contributed by atoms with Gasteiger partial charge in [0.25, 0.3) is 5.56 Å². The van der Waals surface area contributed by atoms with Crippen LogP contribution in [-0.4, -0.2) is 24.2 Å². The van der Waals surface area contributed by atoms with Gasteiger partial charge in [-0.05, 0) is 6.07 Å². The number of hydrogen-bond acceptors (Lipinski definition) is 5. The highest BCUT2D eigenvalue weighted by Crippen LogP contribution is 2.37. The van der Waals surface area contributed by atoms with Gasteiger partial charge in [0.05, 0.1) is 31.3 Å². The summed E-state index contributed by atoms with van der Waals surface area (Å²) < 4.78 is 10.3. The molecule has 2 aromatic rings. The molecule has 0 saturated heterocycles. The topological polar surface area (TPSA) is 76.2 Å². The molecule has 0 bridgehead atoms. The van der Waals surface area contributed by atoms with Gasteiger partial charge in [0, 0.05) is 6.07 Å². The van der Waals surface area contributed by atoms with Crippen molar-refractivity contribution in [2.45, 2.75) is 0 Å². The Bertz CT molecular complexity index is 688. The Balaban J connectivity index is 2.45. The monoisotopic (exact) mass is 315 g/mol. The third-order valence-corrected chi connectivity index (χ3v) is 3.17. The van der Waals surface area contributed by atoms with Gasteiger partial charge in [0.15, 0.2) is 5.82 Å². The fraction of sp³-hybridized carbons (Fsp3) is 0.167. The summed E-state index contributed by atoms with van der Waals surface area (Å²) in [5.41, 5.74) is 0.0704. The summed E-state index contributed by atoms with van der Waals surface area (Å²) in [5, 5.41) is 3.23. The SMILES string of the molecule is COc1cc(OC)c(Nc2nc[nH]c(=O)c2Cl)cc1Cl. The zero-order valence-corrected chi connectivity index (χ0v) is 12.2. The second kappa shape index (κ2) is 6.02. The molecule has 0 unspecified atom stereocenters. The molecule has 0 aliphatic carbocycles. The molecular weight excluding hydrogens is 305 g/mol. The molecule has 0 saturated carbocycles. The Morgan fingerprint density at radius 1 is 1.20 bits per heavy atom. The van der Waals surface area contributed by atoms with Crippen LogP contribution in [0.4, 0.5) is 11.5 Å². The van der Waals surface area contributed by atoms with Gasteiger partial charge in [-0.15, -0.1) is 0 Å². The molecule has 106 valence electrons. The number of ether oxygens (including phenoxy) is 2. The highest BCUT2D eigenvalue weighted by molar-refractivity contribution is 6.33. The summed E-state index contributed by atoms with van der Waals surface area (Å²) in [6, 6.07) is 3.21. The van der Waals surface area contributed by atoms with Crippen LogP contribution in [0.1, 0.15) is 0 Å². The van der Waals surface area contributed by atoms with Gasteiger partial charge in [-0.3, -0.25) is 4.79 Å². The quantitative estimate of drug-likeness (QED) is 0.907. The lowest BCUT2D eigenvalue weighted by molar-refractivity contribution is 0.396. The van der Waals surface area contributed by atoms with Crippen LogP contribution in [0.25, 0.3) is 0 Å². The number of hydrogen-bond donors (Lipinski definition) is 2. The molecule has 0 atom stereocenters. The van der Waals surface area contributed by atoms with Gasteiger partial charge >= 0.3 is 0 Å². The summed E-state index contributed by atoms with van der Waals surface area (Å²) in [6.07, 6.45) is 1.24. The number of methoxy groups -OCH3 is 2. The fourth-order valence-electron chi connectivity index (χ4n) is 1.56. The van der Waals surface area contributed by atoms with E-state index in [9.17, 15) is 4.79 Å². The lowest BCUT2D eigenvalue weighted by atomic mass is 10.2. The molecule has 1 heterocycles. The molecule has 6 nitrogen and oxygen atoms in total. The second-order valence-electron chi connectivity index (χ2n) is 3.71. The average Bonchev–Trinajstić information content (AvgIpc) is 2.44.